The molecule has 1 aliphatic rings. The summed E-state index contributed by atoms with van der Waals surface area (Å²) >= 11 is 3.59. The first-order valence-corrected chi connectivity index (χ1v) is 7.24. The Labute approximate surface area is 121 Å². The van der Waals surface area contributed by atoms with Gasteiger partial charge >= 0.3 is 5.97 Å². The lowest BCUT2D eigenvalue weighted by molar-refractivity contribution is -0.137. The number of halogens is 1. The number of carbonyl (C=O) groups is 1. The van der Waals surface area contributed by atoms with Crippen molar-refractivity contribution in [2.24, 2.45) is 0 Å². The quantitative estimate of drug-likeness (QED) is 0.895. The number of nitrogens with one attached hydrogen (secondary N) is 1. The average Bonchev–Trinajstić information content (AvgIpc) is 2.26. The Morgan fingerprint density at radius 2 is 2.26 bits per heavy atom. The monoisotopic (exact) mass is 326 g/mol. The van der Waals surface area contributed by atoms with E-state index in [9.17, 15) is 4.79 Å². The number of carboxylic acid groups (broad SMARTS) is 1. The van der Waals surface area contributed by atoms with Gasteiger partial charge in [0.15, 0.2) is 0 Å². The van der Waals surface area contributed by atoms with E-state index in [0.29, 0.717) is 0 Å². The molecule has 2 rings (SSSR count). The molecule has 1 aromatic rings. The molecule has 1 aliphatic heterocycles. The van der Waals surface area contributed by atoms with E-state index >= 15 is 0 Å². The first-order valence-electron chi connectivity index (χ1n) is 6.44. The van der Waals surface area contributed by atoms with E-state index in [2.05, 4.69) is 58.2 Å². The van der Waals surface area contributed by atoms with E-state index in [1.807, 2.05) is 0 Å². The smallest absolute Gasteiger partial charge is 0.304 e. The first kappa shape index (κ1) is 14.3. The van der Waals surface area contributed by atoms with Gasteiger partial charge in [-0.05, 0) is 47.5 Å². The van der Waals surface area contributed by atoms with Gasteiger partial charge in [-0.2, -0.15) is 0 Å². The zero-order chi connectivity index (χ0) is 14.0. The molecular formula is C14H19BrN2O2. The summed E-state index contributed by atoms with van der Waals surface area (Å²) in [4.78, 5) is 13.1. The average molecular weight is 327 g/mol. The highest BCUT2D eigenvalue weighted by Crippen LogP contribution is 2.28. The van der Waals surface area contributed by atoms with Crippen molar-refractivity contribution >= 4 is 27.6 Å². The highest BCUT2D eigenvalue weighted by atomic mass is 79.9. The number of carboxylic acids is 1. The van der Waals surface area contributed by atoms with E-state index in [1.54, 1.807) is 0 Å². The topological polar surface area (TPSA) is 52.6 Å². The standard InChI is InChI=1S/C14H19BrN2O2/c1-9-3-4-13(12(15)5-9)17-7-10(2)16-11(8-17)6-14(18)19/h3-5,10-11,16H,6-8H2,1-2H3,(H,18,19). The number of rotatable bonds is 3. The van der Waals surface area contributed by atoms with Crippen LogP contribution in [0.4, 0.5) is 5.69 Å². The SMILES string of the molecule is Cc1ccc(N2CC(C)NC(CC(=O)O)C2)c(Br)c1. The number of nitrogens with zero attached hydrogens (tertiary/aromatic N) is 1. The van der Waals surface area contributed by atoms with E-state index in [-0.39, 0.29) is 18.5 Å². The number of hydrogen-bond donors (Lipinski definition) is 2. The first-order chi connectivity index (χ1) is 8.95. The molecule has 1 saturated heterocycles. The normalized spacial score (nSPS) is 23.4. The molecule has 0 spiro atoms. The molecule has 0 amide bonds. The fourth-order valence-corrected chi connectivity index (χ4v) is 3.32. The summed E-state index contributed by atoms with van der Waals surface area (Å²) in [7, 11) is 0. The highest BCUT2D eigenvalue weighted by molar-refractivity contribution is 9.10. The predicted molar refractivity (Wildman–Crippen MR) is 79.7 cm³/mol. The molecule has 5 heteroatoms. The number of aryl methyl sites for hydroxylation is 1. The summed E-state index contributed by atoms with van der Waals surface area (Å²) in [6, 6.07) is 6.54. The third-order valence-electron chi connectivity index (χ3n) is 3.32. The minimum absolute atomic E-state index is 0.00514. The Balaban J connectivity index is 2.16. The molecule has 0 saturated carbocycles. The Kier molecular flexibility index (Phi) is 4.47. The van der Waals surface area contributed by atoms with Crippen molar-refractivity contribution in [1.82, 2.24) is 5.32 Å². The molecule has 2 unspecified atom stereocenters. The number of anilines is 1. The van der Waals surface area contributed by atoms with Crippen LogP contribution in [-0.4, -0.2) is 36.2 Å². The Morgan fingerprint density at radius 3 is 2.89 bits per heavy atom. The Hall–Kier alpha value is -1.07. The van der Waals surface area contributed by atoms with Crippen LogP contribution in [0.1, 0.15) is 18.9 Å². The van der Waals surface area contributed by atoms with Crippen LogP contribution in [0.15, 0.2) is 22.7 Å². The summed E-state index contributed by atoms with van der Waals surface area (Å²) < 4.78 is 1.07. The molecule has 19 heavy (non-hydrogen) atoms. The zero-order valence-corrected chi connectivity index (χ0v) is 12.8. The zero-order valence-electron chi connectivity index (χ0n) is 11.2. The van der Waals surface area contributed by atoms with Crippen molar-refractivity contribution in [3.63, 3.8) is 0 Å². The summed E-state index contributed by atoms with van der Waals surface area (Å²) in [5, 5.41) is 12.3. The summed E-state index contributed by atoms with van der Waals surface area (Å²) in [5.74, 6) is -0.755. The van der Waals surface area contributed by atoms with E-state index in [1.165, 1.54) is 5.56 Å². The van der Waals surface area contributed by atoms with Crippen LogP contribution in [0.5, 0.6) is 0 Å². The molecule has 1 heterocycles. The number of aliphatic carboxylic acids is 1. The van der Waals surface area contributed by atoms with Gasteiger partial charge in [-0.1, -0.05) is 6.07 Å². The minimum Gasteiger partial charge on any atom is -0.481 e. The molecule has 104 valence electrons. The second kappa shape index (κ2) is 5.92. The maximum atomic E-state index is 10.9. The molecule has 0 radical (unpaired) electrons. The molecule has 1 fully saturated rings. The molecule has 4 nitrogen and oxygen atoms in total. The third kappa shape index (κ3) is 3.70. The summed E-state index contributed by atoms with van der Waals surface area (Å²) in [5.41, 5.74) is 2.34. The van der Waals surface area contributed by atoms with Crippen LogP contribution >= 0.6 is 15.9 Å². The van der Waals surface area contributed by atoms with Gasteiger partial charge in [0.1, 0.15) is 0 Å². The third-order valence-corrected chi connectivity index (χ3v) is 3.96. The molecular weight excluding hydrogens is 308 g/mol. The molecule has 0 bridgehead atoms. The van der Waals surface area contributed by atoms with Crippen molar-refractivity contribution in [1.29, 1.82) is 0 Å². The van der Waals surface area contributed by atoms with Gasteiger partial charge in [0.2, 0.25) is 0 Å². The number of piperazine rings is 1. The number of benzene rings is 1. The lowest BCUT2D eigenvalue weighted by Crippen LogP contribution is -2.56. The second-order valence-corrected chi connectivity index (χ2v) is 6.08. The van der Waals surface area contributed by atoms with Gasteiger partial charge in [0.25, 0.3) is 0 Å². The summed E-state index contributed by atoms with van der Waals surface area (Å²) in [6.45, 7) is 5.75. The van der Waals surface area contributed by atoms with E-state index < -0.39 is 5.97 Å². The van der Waals surface area contributed by atoms with Crippen LogP contribution in [0, 0.1) is 6.92 Å². The number of hydrogen-bond acceptors (Lipinski definition) is 3. The van der Waals surface area contributed by atoms with Gasteiger partial charge in [0, 0.05) is 29.6 Å². The Bertz CT molecular complexity index is 479. The molecule has 1 aromatic carbocycles. The van der Waals surface area contributed by atoms with Gasteiger partial charge in [0.05, 0.1) is 12.1 Å². The molecule has 0 aromatic heterocycles. The van der Waals surface area contributed by atoms with Gasteiger partial charge in [-0.15, -0.1) is 0 Å². The van der Waals surface area contributed by atoms with Crippen LogP contribution in [0.3, 0.4) is 0 Å². The van der Waals surface area contributed by atoms with Gasteiger partial charge < -0.3 is 15.3 Å². The van der Waals surface area contributed by atoms with Crippen molar-refractivity contribution in [3.8, 4) is 0 Å². The maximum Gasteiger partial charge on any atom is 0.304 e. The van der Waals surface area contributed by atoms with Crippen LogP contribution in [0.2, 0.25) is 0 Å². The van der Waals surface area contributed by atoms with Crippen LogP contribution in [-0.2, 0) is 4.79 Å². The van der Waals surface area contributed by atoms with E-state index in [0.717, 1.165) is 23.2 Å². The van der Waals surface area contributed by atoms with Crippen molar-refractivity contribution < 1.29 is 9.90 Å². The van der Waals surface area contributed by atoms with Crippen molar-refractivity contribution in [2.75, 3.05) is 18.0 Å². The summed E-state index contributed by atoms with van der Waals surface area (Å²) in [6.07, 6.45) is 0.157. The maximum absolute atomic E-state index is 10.9. The predicted octanol–water partition coefficient (Wildman–Crippen LogP) is 2.40. The fourth-order valence-electron chi connectivity index (χ4n) is 2.58. The van der Waals surface area contributed by atoms with E-state index in [4.69, 9.17) is 5.11 Å². The Morgan fingerprint density at radius 1 is 1.53 bits per heavy atom. The van der Waals surface area contributed by atoms with Crippen molar-refractivity contribution in [2.45, 2.75) is 32.4 Å². The van der Waals surface area contributed by atoms with Crippen molar-refractivity contribution in [3.05, 3.63) is 28.2 Å². The van der Waals surface area contributed by atoms with Crippen LogP contribution < -0.4 is 10.2 Å². The minimum atomic E-state index is -0.755. The molecule has 0 aliphatic carbocycles. The molecule has 2 atom stereocenters. The lowest BCUT2D eigenvalue weighted by Gasteiger charge is -2.39. The largest absolute Gasteiger partial charge is 0.481 e. The lowest BCUT2D eigenvalue weighted by atomic mass is 10.1. The molecule has 2 N–H and O–H groups in total. The fraction of sp³-hybridized carbons (Fsp3) is 0.500. The second-order valence-electron chi connectivity index (χ2n) is 5.22. The van der Waals surface area contributed by atoms with Crippen LogP contribution in [0.25, 0.3) is 0 Å². The van der Waals surface area contributed by atoms with Gasteiger partial charge in [-0.3, -0.25) is 4.79 Å². The van der Waals surface area contributed by atoms with Gasteiger partial charge in [-0.25, -0.2) is 0 Å². The highest BCUT2D eigenvalue weighted by Gasteiger charge is 2.26.